The molecule has 2 fully saturated rings. The molecule has 0 aliphatic carbocycles. The van der Waals surface area contributed by atoms with Gasteiger partial charge < -0.3 is 18.6 Å². The molecule has 2 saturated heterocycles. The van der Waals surface area contributed by atoms with Gasteiger partial charge in [0.15, 0.2) is 0 Å². The maximum atomic E-state index is 6.48. The van der Waals surface area contributed by atoms with Crippen LogP contribution in [0.2, 0.25) is 0 Å². The summed E-state index contributed by atoms with van der Waals surface area (Å²) in [5, 5.41) is 0. The minimum atomic E-state index is -0.472. The third kappa shape index (κ3) is 5.21. The quantitative estimate of drug-likeness (QED) is 0.340. The summed E-state index contributed by atoms with van der Waals surface area (Å²) in [7, 11) is -0.944. The van der Waals surface area contributed by atoms with Gasteiger partial charge in [0.25, 0.3) is 0 Å². The van der Waals surface area contributed by atoms with Crippen molar-refractivity contribution in [2.45, 2.75) is 53.4 Å². The summed E-state index contributed by atoms with van der Waals surface area (Å²) >= 11 is 0. The summed E-state index contributed by atoms with van der Waals surface area (Å²) < 4.78 is 25.9. The van der Waals surface area contributed by atoms with Crippen LogP contribution in [0.4, 0.5) is 0 Å². The van der Waals surface area contributed by atoms with E-state index in [1.807, 2.05) is 12.1 Å². The predicted octanol–water partition coefficient (Wildman–Crippen LogP) is 6.36. The second-order valence-corrected chi connectivity index (χ2v) is 9.88. The maximum Gasteiger partial charge on any atom is 0.494 e. The first kappa shape index (κ1) is 25.2. The van der Waals surface area contributed by atoms with Crippen LogP contribution in [-0.4, -0.2) is 40.7 Å². The third-order valence-corrected chi connectivity index (χ3v) is 8.09. The van der Waals surface area contributed by atoms with Crippen LogP contribution in [0.3, 0.4) is 0 Å². The monoisotopic (exact) mass is 460 g/mol. The van der Waals surface area contributed by atoms with Crippen LogP contribution < -0.4 is 0 Å². The van der Waals surface area contributed by atoms with Gasteiger partial charge in [-0.05, 0) is 47.8 Å². The Bertz CT molecular complexity index is 842. The van der Waals surface area contributed by atoms with Crippen molar-refractivity contribution in [3.8, 4) is 0 Å². The second-order valence-electron chi connectivity index (χ2n) is 9.88. The van der Waals surface area contributed by atoms with Crippen molar-refractivity contribution < 1.29 is 18.6 Å². The van der Waals surface area contributed by atoms with Gasteiger partial charge >= 0.3 is 14.2 Å². The van der Waals surface area contributed by atoms with Crippen LogP contribution in [0, 0.1) is 10.8 Å². The summed E-state index contributed by atoms with van der Waals surface area (Å²) in [6, 6.07) is 20.8. The van der Waals surface area contributed by atoms with E-state index >= 15 is 0 Å². The Morgan fingerprint density at radius 2 is 0.853 bits per heavy atom. The second kappa shape index (κ2) is 11.3. The third-order valence-electron chi connectivity index (χ3n) is 8.09. The SMILES string of the molecule is CCC1(CC)COB(/C(=C(\B2OCC(CC)(CC)CO2)c2ccccc2)c2ccccc2)OC1. The number of hydrogen-bond acceptors (Lipinski definition) is 4. The molecule has 0 bridgehead atoms. The average molecular weight is 460 g/mol. The summed E-state index contributed by atoms with van der Waals surface area (Å²) in [6.07, 6.45) is 4.16. The normalized spacial score (nSPS) is 20.7. The van der Waals surface area contributed by atoms with Gasteiger partial charge in [0.1, 0.15) is 0 Å². The number of benzene rings is 2. The topological polar surface area (TPSA) is 36.9 Å². The zero-order valence-corrected chi connectivity index (χ0v) is 21.2. The molecule has 4 nitrogen and oxygen atoms in total. The lowest BCUT2D eigenvalue weighted by molar-refractivity contribution is 0.00342. The molecule has 0 unspecified atom stereocenters. The molecule has 0 atom stereocenters. The molecule has 34 heavy (non-hydrogen) atoms. The van der Waals surface area contributed by atoms with Crippen molar-refractivity contribution in [1.29, 1.82) is 0 Å². The van der Waals surface area contributed by atoms with Crippen LogP contribution >= 0.6 is 0 Å². The van der Waals surface area contributed by atoms with Crippen LogP contribution in [0.15, 0.2) is 60.7 Å². The Kier molecular flexibility index (Phi) is 8.36. The van der Waals surface area contributed by atoms with E-state index in [2.05, 4.69) is 76.2 Å². The molecule has 4 rings (SSSR count). The van der Waals surface area contributed by atoms with Crippen LogP contribution in [-0.2, 0) is 18.6 Å². The Hall–Kier alpha value is -1.85. The Balaban J connectivity index is 1.78. The van der Waals surface area contributed by atoms with Crippen LogP contribution in [0.25, 0.3) is 10.9 Å². The number of hydrogen-bond donors (Lipinski definition) is 0. The highest BCUT2D eigenvalue weighted by Gasteiger charge is 2.45. The predicted molar refractivity (Wildman–Crippen MR) is 141 cm³/mol. The summed E-state index contributed by atoms with van der Waals surface area (Å²) in [4.78, 5) is 0. The summed E-state index contributed by atoms with van der Waals surface area (Å²) in [5.41, 5.74) is 4.29. The van der Waals surface area contributed by atoms with E-state index in [4.69, 9.17) is 18.6 Å². The van der Waals surface area contributed by atoms with Gasteiger partial charge in [-0.15, -0.1) is 0 Å². The molecule has 2 heterocycles. The van der Waals surface area contributed by atoms with Crippen molar-refractivity contribution in [1.82, 2.24) is 0 Å². The zero-order chi connectivity index (χ0) is 24.0. The molecule has 2 aromatic carbocycles. The van der Waals surface area contributed by atoms with Gasteiger partial charge in [0.05, 0.1) is 0 Å². The lowest BCUT2D eigenvalue weighted by Crippen LogP contribution is -2.47. The molecule has 2 aliphatic heterocycles. The van der Waals surface area contributed by atoms with E-state index in [9.17, 15) is 0 Å². The van der Waals surface area contributed by atoms with Crippen LogP contribution in [0.5, 0.6) is 0 Å². The van der Waals surface area contributed by atoms with E-state index in [0.29, 0.717) is 26.4 Å². The Labute approximate surface area is 206 Å². The minimum absolute atomic E-state index is 0.0743. The lowest BCUT2D eigenvalue weighted by atomic mass is 9.58. The van der Waals surface area contributed by atoms with Crippen LogP contribution in [0.1, 0.15) is 64.5 Å². The minimum Gasteiger partial charge on any atom is -0.407 e. The highest BCUT2D eigenvalue weighted by Crippen LogP contribution is 2.40. The molecule has 180 valence electrons. The molecule has 0 saturated carbocycles. The summed E-state index contributed by atoms with van der Waals surface area (Å²) in [6.45, 7) is 11.6. The molecule has 2 aliphatic rings. The molecule has 0 spiro atoms. The fourth-order valence-electron chi connectivity index (χ4n) is 4.91. The number of rotatable bonds is 8. The molecule has 2 aromatic rings. The lowest BCUT2D eigenvalue weighted by Gasteiger charge is -2.41. The molecule has 0 aromatic heterocycles. The van der Waals surface area contributed by atoms with Gasteiger partial charge in [-0.1, -0.05) is 88.4 Å². The molecular weight excluding hydrogens is 422 g/mol. The van der Waals surface area contributed by atoms with E-state index in [-0.39, 0.29) is 10.8 Å². The van der Waals surface area contributed by atoms with Gasteiger partial charge in [0, 0.05) is 37.3 Å². The van der Waals surface area contributed by atoms with Crippen molar-refractivity contribution >= 4 is 25.2 Å². The van der Waals surface area contributed by atoms with Gasteiger partial charge in [-0.25, -0.2) is 0 Å². The van der Waals surface area contributed by atoms with Gasteiger partial charge in [0.2, 0.25) is 0 Å². The highest BCUT2D eigenvalue weighted by molar-refractivity contribution is 6.82. The fraction of sp³-hybridized carbons (Fsp3) is 0.500. The first-order valence-corrected chi connectivity index (χ1v) is 12.9. The van der Waals surface area contributed by atoms with E-state index in [1.165, 1.54) is 0 Å². The van der Waals surface area contributed by atoms with E-state index in [0.717, 1.165) is 47.8 Å². The molecule has 0 radical (unpaired) electrons. The van der Waals surface area contributed by atoms with Crippen molar-refractivity contribution in [2.24, 2.45) is 10.8 Å². The van der Waals surface area contributed by atoms with Gasteiger partial charge in [-0.3, -0.25) is 0 Å². The molecular formula is C28H38B2O4. The first-order chi connectivity index (χ1) is 16.6. The zero-order valence-electron chi connectivity index (χ0n) is 21.2. The Morgan fingerprint density at radius 1 is 0.559 bits per heavy atom. The van der Waals surface area contributed by atoms with E-state index < -0.39 is 14.2 Å². The standard InChI is InChI=1S/C28H38B2O4/c1-5-27(6-2)19-31-29(32-20-27)25(23-15-11-9-12-16-23)26(24-17-13-10-14-18-24)30-33-21-28(7-3,8-4)22-34-30/h9-18H,5-8,19-22H2,1-4H3/b26-25-. The largest absolute Gasteiger partial charge is 0.494 e. The Morgan fingerprint density at radius 3 is 1.12 bits per heavy atom. The molecule has 0 N–H and O–H groups in total. The molecule has 6 heteroatoms. The van der Waals surface area contributed by atoms with Crippen molar-refractivity contribution in [3.05, 3.63) is 71.8 Å². The smallest absolute Gasteiger partial charge is 0.407 e. The van der Waals surface area contributed by atoms with E-state index in [1.54, 1.807) is 0 Å². The van der Waals surface area contributed by atoms with Gasteiger partial charge in [-0.2, -0.15) is 0 Å². The average Bonchev–Trinajstić information content (AvgIpc) is 2.93. The molecule has 0 amide bonds. The highest BCUT2D eigenvalue weighted by atomic mass is 16.6. The maximum absolute atomic E-state index is 6.48. The van der Waals surface area contributed by atoms with Crippen molar-refractivity contribution in [2.75, 3.05) is 26.4 Å². The summed E-state index contributed by atoms with van der Waals surface area (Å²) in [5.74, 6) is 0. The first-order valence-electron chi connectivity index (χ1n) is 12.9. The van der Waals surface area contributed by atoms with Crippen molar-refractivity contribution in [3.63, 3.8) is 0 Å². The fourth-order valence-corrected chi connectivity index (χ4v) is 4.91.